The number of nitrogens with zero attached hydrogens (tertiary/aromatic N) is 2. The maximum atomic E-state index is 13.8. The van der Waals surface area contributed by atoms with Crippen LogP contribution in [0.15, 0.2) is 41.2 Å². The van der Waals surface area contributed by atoms with Crippen molar-refractivity contribution in [1.29, 1.82) is 0 Å². The third-order valence-corrected chi connectivity index (χ3v) is 3.48. The van der Waals surface area contributed by atoms with Crippen LogP contribution in [0.5, 0.6) is 0 Å². The summed E-state index contributed by atoms with van der Waals surface area (Å²) < 4.78 is 28.2. The molecule has 0 fully saturated rings. The van der Waals surface area contributed by atoms with E-state index in [2.05, 4.69) is 4.98 Å². The molecule has 0 amide bonds. The van der Waals surface area contributed by atoms with Crippen LogP contribution in [0, 0.1) is 11.6 Å². The van der Waals surface area contributed by atoms with Crippen molar-refractivity contribution in [3.8, 4) is 5.69 Å². The lowest BCUT2D eigenvalue weighted by molar-refractivity contribution is 0.103. The zero-order valence-electron chi connectivity index (χ0n) is 10.4. The fourth-order valence-electron chi connectivity index (χ4n) is 2.58. The van der Waals surface area contributed by atoms with Crippen LogP contribution in [0.2, 0.25) is 0 Å². The fourth-order valence-corrected chi connectivity index (χ4v) is 2.58. The Morgan fingerprint density at radius 2 is 1.81 bits per heavy atom. The first-order chi connectivity index (χ1) is 10.1. The summed E-state index contributed by atoms with van der Waals surface area (Å²) in [5, 5.41) is 0.284. The molecule has 3 aromatic rings. The van der Waals surface area contributed by atoms with Crippen molar-refractivity contribution < 1.29 is 13.6 Å². The predicted octanol–water partition coefficient (Wildman–Crippen LogP) is 2.21. The van der Waals surface area contributed by atoms with Gasteiger partial charge in [0.2, 0.25) is 5.78 Å². The Kier molecular flexibility index (Phi) is 2.16. The SMILES string of the molecule is O=C1c2c(F)cc(F)cc2-n2c1nc1ccccc1c2=O. The number of hydrogen-bond donors (Lipinski definition) is 0. The van der Waals surface area contributed by atoms with Crippen LogP contribution in [0.25, 0.3) is 16.6 Å². The van der Waals surface area contributed by atoms with Gasteiger partial charge in [-0.25, -0.2) is 13.8 Å². The lowest BCUT2D eigenvalue weighted by Crippen LogP contribution is -2.21. The molecule has 1 aromatic heterocycles. The van der Waals surface area contributed by atoms with Crippen molar-refractivity contribution in [3.05, 3.63) is 69.8 Å². The average Bonchev–Trinajstić information content (AvgIpc) is 2.72. The molecule has 0 atom stereocenters. The van der Waals surface area contributed by atoms with Crippen LogP contribution in [0.3, 0.4) is 0 Å². The molecule has 102 valence electrons. The number of rotatable bonds is 0. The second-order valence-electron chi connectivity index (χ2n) is 4.70. The molecule has 0 unspecified atom stereocenters. The topological polar surface area (TPSA) is 52.0 Å². The van der Waals surface area contributed by atoms with Gasteiger partial charge >= 0.3 is 0 Å². The zero-order valence-corrected chi connectivity index (χ0v) is 10.4. The van der Waals surface area contributed by atoms with Gasteiger partial charge in [0.05, 0.1) is 22.2 Å². The number of ketones is 1. The van der Waals surface area contributed by atoms with Crippen LogP contribution in [0.4, 0.5) is 8.78 Å². The molecule has 0 saturated carbocycles. The molecule has 2 aromatic carbocycles. The molecular formula is C15H6F2N2O2. The number of para-hydroxylation sites is 1. The highest BCUT2D eigenvalue weighted by Gasteiger charge is 2.33. The van der Waals surface area contributed by atoms with E-state index in [-0.39, 0.29) is 22.5 Å². The Balaban J connectivity index is 2.22. The number of carbonyl (C=O) groups is 1. The van der Waals surface area contributed by atoms with Gasteiger partial charge in [-0.3, -0.25) is 14.2 Å². The van der Waals surface area contributed by atoms with Gasteiger partial charge in [-0.2, -0.15) is 0 Å². The third kappa shape index (κ3) is 1.44. The van der Waals surface area contributed by atoms with Crippen LogP contribution >= 0.6 is 0 Å². The second-order valence-corrected chi connectivity index (χ2v) is 4.70. The molecule has 21 heavy (non-hydrogen) atoms. The van der Waals surface area contributed by atoms with Gasteiger partial charge in [-0.1, -0.05) is 12.1 Å². The Labute approximate surface area is 116 Å². The van der Waals surface area contributed by atoms with Crippen LogP contribution < -0.4 is 5.56 Å². The summed E-state index contributed by atoms with van der Waals surface area (Å²) in [7, 11) is 0. The minimum absolute atomic E-state index is 0.101. The van der Waals surface area contributed by atoms with E-state index in [4.69, 9.17) is 0 Å². The molecule has 0 radical (unpaired) electrons. The summed E-state index contributed by atoms with van der Waals surface area (Å²) >= 11 is 0. The number of fused-ring (bicyclic) bond motifs is 4. The largest absolute Gasteiger partial charge is 0.285 e. The lowest BCUT2D eigenvalue weighted by atomic mass is 10.1. The molecule has 6 heteroatoms. The molecule has 0 N–H and O–H groups in total. The van der Waals surface area contributed by atoms with E-state index < -0.39 is 23.0 Å². The predicted molar refractivity (Wildman–Crippen MR) is 70.7 cm³/mol. The summed E-state index contributed by atoms with van der Waals surface area (Å²) in [6.45, 7) is 0. The van der Waals surface area contributed by atoms with Gasteiger partial charge in [0, 0.05) is 6.07 Å². The molecule has 2 heterocycles. The molecule has 1 aliphatic rings. The molecule has 1 aliphatic heterocycles. The van der Waals surface area contributed by atoms with E-state index in [0.29, 0.717) is 11.6 Å². The van der Waals surface area contributed by atoms with E-state index in [1.807, 2.05) is 0 Å². The number of carbonyl (C=O) groups excluding carboxylic acids is 1. The minimum atomic E-state index is -0.996. The molecule has 0 saturated heterocycles. The van der Waals surface area contributed by atoms with Crippen LogP contribution in [0.1, 0.15) is 16.2 Å². The Morgan fingerprint density at radius 1 is 1.05 bits per heavy atom. The average molecular weight is 284 g/mol. The van der Waals surface area contributed by atoms with E-state index in [1.54, 1.807) is 24.3 Å². The van der Waals surface area contributed by atoms with Gasteiger partial charge < -0.3 is 0 Å². The van der Waals surface area contributed by atoms with Gasteiger partial charge in [-0.05, 0) is 18.2 Å². The highest BCUT2D eigenvalue weighted by molar-refractivity contribution is 6.13. The first-order valence-corrected chi connectivity index (χ1v) is 6.14. The standard InChI is InChI=1S/C15H6F2N2O2/c16-7-5-9(17)12-11(6-7)19-14(13(12)20)18-10-4-2-1-3-8(10)15(19)21/h1-6H. The van der Waals surface area contributed by atoms with E-state index in [0.717, 1.165) is 10.6 Å². The van der Waals surface area contributed by atoms with Crippen molar-refractivity contribution >= 4 is 16.7 Å². The molecular weight excluding hydrogens is 278 g/mol. The van der Waals surface area contributed by atoms with Gasteiger partial charge in [0.15, 0.2) is 5.82 Å². The summed E-state index contributed by atoms with van der Waals surface area (Å²) in [5.41, 5.74) is -0.601. The molecule has 0 aliphatic carbocycles. The number of hydrogen-bond acceptors (Lipinski definition) is 3. The maximum Gasteiger partial charge on any atom is 0.266 e. The molecule has 4 rings (SSSR count). The molecule has 0 spiro atoms. The van der Waals surface area contributed by atoms with Crippen molar-refractivity contribution in [2.75, 3.05) is 0 Å². The van der Waals surface area contributed by atoms with Gasteiger partial charge in [-0.15, -0.1) is 0 Å². The summed E-state index contributed by atoms with van der Waals surface area (Å²) in [6, 6.07) is 8.06. The second kappa shape index (κ2) is 3.82. The number of halogens is 2. The summed E-state index contributed by atoms with van der Waals surface area (Å²) in [4.78, 5) is 28.8. The van der Waals surface area contributed by atoms with Gasteiger partial charge in [0.25, 0.3) is 5.56 Å². The minimum Gasteiger partial charge on any atom is -0.285 e. The smallest absolute Gasteiger partial charge is 0.266 e. The van der Waals surface area contributed by atoms with Gasteiger partial charge in [0.1, 0.15) is 11.6 Å². The Hall–Kier alpha value is -2.89. The van der Waals surface area contributed by atoms with Crippen molar-refractivity contribution in [2.24, 2.45) is 0 Å². The lowest BCUT2D eigenvalue weighted by Gasteiger charge is -2.05. The van der Waals surface area contributed by atoms with E-state index in [1.165, 1.54) is 0 Å². The van der Waals surface area contributed by atoms with Crippen LogP contribution in [-0.2, 0) is 0 Å². The van der Waals surface area contributed by atoms with Crippen molar-refractivity contribution in [2.45, 2.75) is 0 Å². The molecule has 4 nitrogen and oxygen atoms in total. The maximum absolute atomic E-state index is 13.8. The number of aromatic nitrogens is 2. The van der Waals surface area contributed by atoms with E-state index in [9.17, 15) is 18.4 Å². The monoisotopic (exact) mass is 284 g/mol. The van der Waals surface area contributed by atoms with Crippen molar-refractivity contribution in [1.82, 2.24) is 9.55 Å². The Morgan fingerprint density at radius 3 is 2.62 bits per heavy atom. The Bertz CT molecular complexity index is 1010. The highest BCUT2D eigenvalue weighted by atomic mass is 19.1. The zero-order chi connectivity index (χ0) is 14.7. The summed E-state index contributed by atoms with van der Waals surface area (Å²) in [5.74, 6) is -2.76. The van der Waals surface area contributed by atoms with E-state index >= 15 is 0 Å². The third-order valence-electron chi connectivity index (χ3n) is 3.48. The fraction of sp³-hybridized carbons (Fsp3) is 0. The first kappa shape index (κ1) is 11.9. The first-order valence-electron chi connectivity index (χ1n) is 6.14. The normalized spacial score (nSPS) is 12.6. The summed E-state index contributed by atoms with van der Waals surface area (Å²) in [6.07, 6.45) is 0. The van der Waals surface area contributed by atoms with Crippen molar-refractivity contribution in [3.63, 3.8) is 0 Å². The van der Waals surface area contributed by atoms with Crippen LogP contribution in [-0.4, -0.2) is 15.3 Å². The highest BCUT2D eigenvalue weighted by Crippen LogP contribution is 2.29. The quantitative estimate of drug-likeness (QED) is 0.497. The molecule has 0 bridgehead atoms. The number of benzene rings is 2.